The van der Waals surface area contributed by atoms with Gasteiger partial charge >= 0.3 is 6.03 Å². The van der Waals surface area contributed by atoms with Crippen LogP contribution in [0.2, 0.25) is 0 Å². The monoisotopic (exact) mass is 479 g/mol. The number of benzene rings is 1. The number of piperazine rings is 1. The number of nitrogens with two attached hydrogens (primary N) is 1. The summed E-state index contributed by atoms with van der Waals surface area (Å²) in [5, 5.41) is 2.88. The first-order valence-corrected chi connectivity index (χ1v) is 12.8. The predicted octanol–water partition coefficient (Wildman–Crippen LogP) is 3.81. The molecule has 1 aliphatic carbocycles. The van der Waals surface area contributed by atoms with E-state index in [1.54, 1.807) is 18.3 Å². The van der Waals surface area contributed by atoms with Crippen LogP contribution in [0, 0.1) is 5.92 Å². The molecule has 0 spiro atoms. The normalized spacial score (nSPS) is 17.2. The summed E-state index contributed by atoms with van der Waals surface area (Å²) in [6.45, 7) is 4.60. The quantitative estimate of drug-likeness (QED) is 0.570. The fourth-order valence-electron chi connectivity index (χ4n) is 4.90. The topological polar surface area (TPSA) is 101 Å². The Bertz CT molecular complexity index is 967. The molecule has 0 atom stereocenters. The van der Waals surface area contributed by atoms with Gasteiger partial charge < -0.3 is 20.7 Å². The lowest BCUT2D eigenvalue weighted by atomic mass is 9.87. The molecule has 2 fully saturated rings. The van der Waals surface area contributed by atoms with Crippen molar-refractivity contribution in [2.24, 2.45) is 11.7 Å². The van der Waals surface area contributed by atoms with Gasteiger partial charge in [-0.1, -0.05) is 44.2 Å². The molecule has 8 heteroatoms. The lowest BCUT2D eigenvalue weighted by molar-refractivity contribution is -0.117. The van der Waals surface area contributed by atoms with Crippen LogP contribution in [0.25, 0.3) is 0 Å². The van der Waals surface area contributed by atoms with Crippen LogP contribution in [0.15, 0.2) is 42.6 Å². The van der Waals surface area contributed by atoms with E-state index in [1.807, 2.05) is 11.0 Å². The standard InChI is InChI=1S/C27H37N5O3/c28-26(33)18-23-9-10-24(19-29-23)30-27(34)32-14-12-31(13-15-32)20-22-7-4-8-25(17-22)35-16-11-21-5-2-1-3-6-21/h4,7-10,17,19,21H,1-3,5-6,11-16,18,20H2,(H2,28,33)(H,30,34). The van der Waals surface area contributed by atoms with Gasteiger partial charge in [0.2, 0.25) is 5.91 Å². The van der Waals surface area contributed by atoms with E-state index in [-0.39, 0.29) is 12.5 Å². The van der Waals surface area contributed by atoms with E-state index in [0.717, 1.165) is 44.3 Å². The molecular weight excluding hydrogens is 442 g/mol. The molecule has 0 bridgehead atoms. The number of nitrogens with zero attached hydrogens (tertiary/aromatic N) is 3. The Morgan fingerprint density at radius 2 is 1.86 bits per heavy atom. The third-order valence-electron chi connectivity index (χ3n) is 6.92. The maximum absolute atomic E-state index is 12.6. The summed E-state index contributed by atoms with van der Waals surface area (Å²) >= 11 is 0. The van der Waals surface area contributed by atoms with Gasteiger partial charge in [-0.3, -0.25) is 14.7 Å². The van der Waals surface area contributed by atoms with E-state index in [2.05, 4.69) is 33.4 Å². The molecule has 1 aliphatic heterocycles. The van der Waals surface area contributed by atoms with Crippen molar-refractivity contribution in [3.63, 3.8) is 0 Å². The lowest BCUT2D eigenvalue weighted by Gasteiger charge is -2.34. The molecular formula is C27H37N5O3. The Balaban J connectivity index is 1.18. The Kier molecular flexibility index (Phi) is 8.95. The minimum Gasteiger partial charge on any atom is -0.494 e. The highest BCUT2D eigenvalue weighted by atomic mass is 16.5. The Hall–Kier alpha value is -3.13. The van der Waals surface area contributed by atoms with Gasteiger partial charge in [-0.05, 0) is 42.2 Å². The second kappa shape index (κ2) is 12.5. The second-order valence-electron chi connectivity index (χ2n) is 9.66. The van der Waals surface area contributed by atoms with Gasteiger partial charge in [0.05, 0.1) is 24.9 Å². The number of primary amides is 1. The largest absolute Gasteiger partial charge is 0.494 e. The number of urea groups is 1. The highest BCUT2D eigenvalue weighted by Gasteiger charge is 2.21. The first kappa shape index (κ1) is 25.0. The number of hydrogen-bond acceptors (Lipinski definition) is 5. The SMILES string of the molecule is NC(=O)Cc1ccc(NC(=O)N2CCN(Cc3cccc(OCCC4CCCCC4)c3)CC2)cn1. The van der Waals surface area contributed by atoms with Crippen molar-refractivity contribution in [1.29, 1.82) is 0 Å². The molecule has 1 aromatic heterocycles. The van der Waals surface area contributed by atoms with E-state index in [0.29, 0.717) is 24.5 Å². The average molecular weight is 480 g/mol. The highest BCUT2D eigenvalue weighted by Crippen LogP contribution is 2.26. The second-order valence-corrected chi connectivity index (χ2v) is 9.66. The molecule has 3 amide bonds. The number of pyridine rings is 1. The molecule has 2 aromatic rings. The van der Waals surface area contributed by atoms with E-state index in [9.17, 15) is 9.59 Å². The van der Waals surface area contributed by atoms with Crippen molar-refractivity contribution < 1.29 is 14.3 Å². The predicted molar refractivity (Wildman–Crippen MR) is 136 cm³/mol. The van der Waals surface area contributed by atoms with Gasteiger partial charge in [-0.2, -0.15) is 0 Å². The van der Waals surface area contributed by atoms with Crippen molar-refractivity contribution in [3.05, 3.63) is 53.9 Å². The first-order chi connectivity index (χ1) is 17.0. The van der Waals surface area contributed by atoms with Crippen molar-refractivity contribution >= 4 is 17.6 Å². The van der Waals surface area contributed by atoms with Crippen LogP contribution < -0.4 is 15.8 Å². The Labute approximate surface area is 207 Å². The van der Waals surface area contributed by atoms with Crippen molar-refractivity contribution in [2.45, 2.75) is 51.5 Å². The van der Waals surface area contributed by atoms with Gasteiger partial charge in [0, 0.05) is 38.4 Å². The number of aromatic nitrogens is 1. The Morgan fingerprint density at radius 3 is 2.57 bits per heavy atom. The molecule has 1 aromatic carbocycles. The van der Waals surface area contributed by atoms with Crippen LogP contribution in [-0.2, 0) is 17.8 Å². The smallest absolute Gasteiger partial charge is 0.321 e. The number of amides is 3. The molecule has 3 N–H and O–H groups in total. The maximum Gasteiger partial charge on any atom is 0.321 e. The average Bonchev–Trinajstić information content (AvgIpc) is 2.86. The molecule has 8 nitrogen and oxygen atoms in total. The number of carbonyl (C=O) groups is 2. The molecule has 0 unspecified atom stereocenters. The highest BCUT2D eigenvalue weighted by molar-refractivity contribution is 5.89. The van der Waals surface area contributed by atoms with Crippen LogP contribution in [0.5, 0.6) is 5.75 Å². The summed E-state index contributed by atoms with van der Waals surface area (Å²) in [6.07, 6.45) is 9.64. The van der Waals surface area contributed by atoms with E-state index >= 15 is 0 Å². The Morgan fingerprint density at radius 1 is 1.06 bits per heavy atom. The van der Waals surface area contributed by atoms with E-state index < -0.39 is 5.91 Å². The maximum atomic E-state index is 12.6. The van der Waals surface area contributed by atoms with Crippen LogP contribution in [0.1, 0.15) is 49.8 Å². The number of hydrogen-bond donors (Lipinski definition) is 2. The lowest BCUT2D eigenvalue weighted by Crippen LogP contribution is -2.49. The third-order valence-corrected chi connectivity index (χ3v) is 6.92. The van der Waals surface area contributed by atoms with Gasteiger partial charge in [0.15, 0.2) is 0 Å². The van der Waals surface area contributed by atoms with Gasteiger partial charge in [-0.15, -0.1) is 0 Å². The zero-order valence-corrected chi connectivity index (χ0v) is 20.5. The number of nitrogens with one attached hydrogen (secondary N) is 1. The fraction of sp³-hybridized carbons (Fsp3) is 0.519. The molecule has 35 heavy (non-hydrogen) atoms. The van der Waals surface area contributed by atoms with Crippen molar-refractivity contribution in [2.75, 3.05) is 38.1 Å². The van der Waals surface area contributed by atoms with Crippen molar-refractivity contribution in [3.8, 4) is 5.75 Å². The van der Waals surface area contributed by atoms with Crippen LogP contribution in [0.3, 0.4) is 0 Å². The zero-order valence-electron chi connectivity index (χ0n) is 20.5. The first-order valence-electron chi connectivity index (χ1n) is 12.8. The minimum absolute atomic E-state index is 0.0890. The van der Waals surface area contributed by atoms with Crippen LogP contribution in [-0.4, -0.2) is 59.5 Å². The molecule has 0 radical (unpaired) electrons. The molecule has 2 aliphatic rings. The molecule has 4 rings (SSSR count). The van der Waals surface area contributed by atoms with Gasteiger partial charge in [-0.25, -0.2) is 4.79 Å². The molecule has 188 valence electrons. The summed E-state index contributed by atoms with van der Waals surface area (Å²) < 4.78 is 6.06. The van der Waals surface area contributed by atoms with E-state index in [1.165, 1.54) is 37.7 Å². The van der Waals surface area contributed by atoms with Gasteiger partial charge in [0.1, 0.15) is 5.75 Å². The van der Waals surface area contributed by atoms with Crippen LogP contribution in [0.4, 0.5) is 10.5 Å². The summed E-state index contributed by atoms with van der Waals surface area (Å²) in [7, 11) is 0. The summed E-state index contributed by atoms with van der Waals surface area (Å²) in [5.41, 5.74) is 7.61. The number of carbonyl (C=O) groups excluding carboxylic acids is 2. The van der Waals surface area contributed by atoms with Gasteiger partial charge in [0.25, 0.3) is 0 Å². The molecule has 1 saturated heterocycles. The summed E-state index contributed by atoms with van der Waals surface area (Å²) in [4.78, 5) is 32.0. The zero-order chi connectivity index (χ0) is 24.5. The third kappa shape index (κ3) is 7.96. The van der Waals surface area contributed by atoms with Crippen LogP contribution >= 0.6 is 0 Å². The summed E-state index contributed by atoms with van der Waals surface area (Å²) in [5.74, 6) is 1.35. The minimum atomic E-state index is -0.430. The number of ether oxygens (including phenoxy) is 1. The molecule has 1 saturated carbocycles. The van der Waals surface area contributed by atoms with E-state index in [4.69, 9.17) is 10.5 Å². The molecule has 2 heterocycles. The number of anilines is 1. The fourth-order valence-corrected chi connectivity index (χ4v) is 4.90. The number of rotatable bonds is 9. The summed E-state index contributed by atoms with van der Waals surface area (Å²) in [6, 6.07) is 11.7. The van der Waals surface area contributed by atoms with Crippen molar-refractivity contribution in [1.82, 2.24) is 14.8 Å².